The van der Waals surface area contributed by atoms with Gasteiger partial charge in [0.05, 0.1) is 16.9 Å². The Morgan fingerprint density at radius 3 is 2.52 bits per heavy atom. The fraction of sp³-hybridized carbons (Fsp3) is 0.118. The van der Waals surface area contributed by atoms with Gasteiger partial charge in [-0.2, -0.15) is 10.1 Å². The Hall–Kier alpha value is -2.66. The second kappa shape index (κ2) is 6.62. The number of aryl methyl sites for hydroxylation is 2. The van der Waals surface area contributed by atoms with Crippen LogP contribution in [0.3, 0.4) is 0 Å². The molecule has 0 amide bonds. The van der Waals surface area contributed by atoms with E-state index >= 15 is 0 Å². The molecule has 3 aromatic rings. The second-order valence-corrected chi connectivity index (χ2v) is 5.63. The quantitative estimate of drug-likeness (QED) is 0.732. The predicted octanol–water partition coefficient (Wildman–Crippen LogP) is 4.63. The summed E-state index contributed by atoms with van der Waals surface area (Å²) in [7, 11) is 0. The maximum atomic E-state index is 6.30. The number of hydrogen-bond acceptors (Lipinski definition) is 5. The maximum absolute atomic E-state index is 6.30. The van der Waals surface area contributed by atoms with Crippen LogP contribution in [-0.4, -0.2) is 15.2 Å². The van der Waals surface area contributed by atoms with Gasteiger partial charge in [-0.15, -0.1) is 5.10 Å². The number of nitrogens with one attached hydrogen (secondary N) is 2. The highest BCUT2D eigenvalue weighted by Gasteiger charge is 2.08. The van der Waals surface area contributed by atoms with Crippen LogP contribution in [0.2, 0.25) is 5.02 Å². The van der Waals surface area contributed by atoms with Crippen molar-refractivity contribution in [3.63, 3.8) is 0 Å². The molecule has 3 rings (SSSR count). The Bertz CT molecular complexity index is 797. The summed E-state index contributed by atoms with van der Waals surface area (Å²) in [4.78, 5) is 4.41. The smallest absolute Gasteiger partial charge is 0.249 e. The molecule has 0 bridgehead atoms. The molecule has 1 aromatic heterocycles. The minimum absolute atomic E-state index is 0.389. The lowest BCUT2D eigenvalue weighted by atomic mass is 10.1. The summed E-state index contributed by atoms with van der Waals surface area (Å²) in [5.74, 6) is 0.995. The van der Waals surface area contributed by atoms with E-state index in [2.05, 4.69) is 25.8 Å². The fourth-order valence-electron chi connectivity index (χ4n) is 2.27. The molecule has 2 N–H and O–H groups in total. The highest BCUT2D eigenvalue weighted by Crippen LogP contribution is 2.29. The van der Waals surface area contributed by atoms with Gasteiger partial charge in [-0.25, -0.2) is 0 Å². The van der Waals surface area contributed by atoms with Gasteiger partial charge < -0.3 is 10.6 Å². The first-order valence-electron chi connectivity index (χ1n) is 7.17. The molecule has 0 saturated carbocycles. The van der Waals surface area contributed by atoms with Crippen molar-refractivity contribution in [3.05, 3.63) is 64.8 Å². The van der Waals surface area contributed by atoms with Crippen LogP contribution in [0.15, 0.2) is 48.7 Å². The van der Waals surface area contributed by atoms with Crippen molar-refractivity contribution >= 4 is 34.7 Å². The molecule has 0 fully saturated rings. The first kappa shape index (κ1) is 15.2. The third-order valence-electron chi connectivity index (χ3n) is 3.27. The van der Waals surface area contributed by atoms with Gasteiger partial charge in [0.2, 0.25) is 5.95 Å². The summed E-state index contributed by atoms with van der Waals surface area (Å²) >= 11 is 6.30. The normalized spacial score (nSPS) is 10.4. The van der Waals surface area contributed by atoms with Crippen LogP contribution in [0.1, 0.15) is 11.1 Å². The lowest BCUT2D eigenvalue weighted by Crippen LogP contribution is -2.03. The summed E-state index contributed by atoms with van der Waals surface area (Å²) in [6, 6.07) is 13.7. The first-order chi connectivity index (χ1) is 11.1. The Morgan fingerprint density at radius 1 is 1.00 bits per heavy atom. The van der Waals surface area contributed by atoms with E-state index in [1.807, 2.05) is 56.3 Å². The fourth-order valence-corrected chi connectivity index (χ4v) is 2.64. The first-order valence-corrected chi connectivity index (χ1v) is 7.55. The lowest BCUT2D eigenvalue weighted by molar-refractivity contribution is 0.981. The summed E-state index contributed by atoms with van der Waals surface area (Å²) in [5, 5.41) is 14.9. The van der Waals surface area contributed by atoms with Crippen molar-refractivity contribution in [3.8, 4) is 0 Å². The van der Waals surface area contributed by atoms with Gasteiger partial charge in [0.25, 0.3) is 0 Å². The van der Waals surface area contributed by atoms with Crippen LogP contribution in [-0.2, 0) is 0 Å². The zero-order valence-electron chi connectivity index (χ0n) is 12.8. The van der Waals surface area contributed by atoms with E-state index in [4.69, 9.17) is 11.6 Å². The van der Waals surface area contributed by atoms with E-state index in [0.29, 0.717) is 16.8 Å². The van der Waals surface area contributed by atoms with Crippen molar-refractivity contribution < 1.29 is 0 Å². The minimum Gasteiger partial charge on any atom is -0.339 e. The number of rotatable bonds is 4. The van der Waals surface area contributed by atoms with Gasteiger partial charge in [-0.05, 0) is 43.2 Å². The molecule has 0 atom stereocenters. The number of para-hydroxylation sites is 1. The van der Waals surface area contributed by atoms with Crippen LogP contribution in [0, 0.1) is 13.8 Å². The van der Waals surface area contributed by atoms with Crippen LogP contribution in [0.5, 0.6) is 0 Å². The highest BCUT2D eigenvalue weighted by molar-refractivity contribution is 6.33. The highest BCUT2D eigenvalue weighted by atomic mass is 35.5. The molecule has 0 spiro atoms. The van der Waals surface area contributed by atoms with Gasteiger partial charge in [-0.3, -0.25) is 0 Å². The minimum atomic E-state index is 0.389. The molecule has 1 heterocycles. The molecule has 2 aromatic carbocycles. The molecule has 0 saturated heterocycles. The largest absolute Gasteiger partial charge is 0.339 e. The third-order valence-corrected chi connectivity index (χ3v) is 3.57. The lowest BCUT2D eigenvalue weighted by Gasteiger charge is -2.12. The molecule has 5 nitrogen and oxygen atoms in total. The molecular weight excluding hydrogens is 310 g/mol. The van der Waals surface area contributed by atoms with E-state index in [1.165, 1.54) is 0 Å². The van der Waals surface area contributed by atoms with Crippen molar-refractivity contribution in [2.75, 3.05) is 10.6 Å². The summed E-state index contributed by atoms with van der Waals surface area (Å²) in [6.45, 7) is 3.99. The van der Waals surface area contributed by atoms with Crippen LogP contribution < -0.4 is 10.6 Å². The summed E-state index contributed by atoms with van der Waals surface area (Å²) < 4.78 is 0. The van der Waals surface area contributed by atoms with Gasteiger partial charge in [0, 0.05) is 5.69 Å². The predicted molar refractivity (Wildman–Crippen MR) is 93.8 cm³/mol. The monoisotopic (exact) mass is 325 g/mol. The standard InChI is InChI=1S/C17H16ClN5/c1-11-8-12(2)16(14(18)9-11)22-17-21-15(10-19-23-17)20-13-6-4-3-5-7-13/h3-10H,1-2H3,(H2,20,21,22,23). The zero-order valence-corrected chi connectivity index (χ0v) is 13.6. The Balaban J connectivity index is 1.83. The van der Waals surface area contributed by atoms with Crippen molar-refractivity contribution in [1.82, 2.24) is 15.2 Å². The molecule has 0 radical (unpaired) electrons. The van der Waals surface area contributed by atoms with E-state index in [0.717, 1.165) is 22.5 Å². The molecule has 23 heavy (non-hydrogen) atoms. The molecule has 0 aliphatic carbocycles. The number of halogens is 1. The molecule has 6 heteroatoms. The molecule has 0 aliphatic rings. The second-order valence-electron chi connectivity index (χ2n) is 5.22. The average molecular weight is 326 g/mol. The van der Waals surface area contributed by atoms with Gasteiger partial charge in [0.15, 0.2) is 5.82 Å². The number of nitrogens with zero attached hydrogens (tertiary/aromatic N) is 3. The third kappa shape index (κ3) is 3.76. The Kier molecular flexibility index (Phi) is 4.39. The molecule has 116 valence electrons. The Labute approximate surface area is 139 Å². The van der Waals surface area contributed by atoms with Gasteiger partial charge in [0.1, 0.15) is 0 Å². The van der Waals surface area contributed by atoms with Gasteiger partial charge >= 0.3 is 0 Å². The summed E-state index contributed by atoms with van der Waals surface area (Å²) in [6.07, 6.45) is 1.57. The van der Waals surface area contributed by atoms with Gasteiger partial charge in [-0.1, -0.05) is 35.9 Å². The number of hydrogen-bond donors (Lipinski definition) is 2. The van der Waals surface area contributed by atoms with E-state index in [-0.39, 0.29) is 0 Å². The van der Waals surface area contributed by atoms with Crippen LogP contribution in [0.4, 0.5) is 23.1 Å². The molecule has 0 aliphatic heterocycles. The van der Waals surface area contributed by atoms with E-state index in [9.17, 15) is 0 Å². The van der Waals surface area contributed by atoms with Crippen molar-refractivity contribution in [1.29, 1.82) is 0 Å². The summed E-state index contributed by atoms with van der Waals surface area (Å²) in [5.41, 5.74) is 3.86. The maximum Gasteiger partial charge on any atom is 0.249 e. The number of anilines is 4. The number of benzene rings is 2. The zero-order chi connectivity index (χ0) is 16.2. The van der Waals surface area contributed by atoms with Crippen molar-refractivity contribution in [2.24, 2.45) is 0 Å². The van der Waals surface area contributed by atoms with Crippen molar-refractivity contribution in [2.45, 2.75) is 13.8 Å². The van der Waals surface area contributed by atoms with Crippen LogP contribution in [0.25, 0.3) is 0 Å². The van der Waals surface area contributed by atoms with Crippen LogP contribution >= 0.6 is 11.6 Å². The SMILES string of the molecule is Cc1cc(C)c(Nc2nncc(Nc3ccccc3)n2)c(Cl)c1. The number of aromatic nitrogens is 3. The topological polar surface area (TPSA) is 62.7 Å². The van der Waals surface area contributed by atoms with E-state index < -0.39 is 0 Å². The Morgan fingerprint density at radius 2 is 1.78 bits per heavy atom. The average Bonchev–Trinajstić information content (AvgIpc) is 2.52. The molecule has 0 unspecified atom stereocenters. The van der Waals surface area contributed by atoms with E-state index in [1.54, 1.807) is 6.20 Å². The molecular formula is C17H16ClN5.